The third-order valence-electron chi connectivity index (χ3n) is 4.63. The van der Waals surface area contributed by atoms with Gasteiger partial charge in [-0.1, -0.05) is 58.4 Å². The molecule has 2 atom stereocenters. The van der Waals surface area contributed by atoms with Crippen molar-refractivity contribution < 1.29 is 15.0 Å². The Hall–Kier alpha value is -0.930. The fourth-order valence-electron chi connectivity index (χ4n) is 3.22. The lowest BCUT2D eigenvalue weighted by atomic mass is 9.53. The molecule has 1 rings (SSSR count). The Labute approximate surface area is 129 Å². The first-order valence-electron chi connectivity index (χ1n) is 7.88. The van der Waals surface area contributed by atoms with Crippen molar-refractivity contribution >= 4 is 5.78 Å². The fourth-order valence-corrected chi connectivity index (χ4v) is 3.22. The van der Waals surface area contributed by atoms with Crippen molar-refractivity contribution in [2.45, 2.75) is 54.4 Å². The van der Waals surface area contributed by atoms with Gasteiger partial charge in [-0.05, 0) is 18.3 Å². The van der Waals surface area contributed by atoms with Crippen molar-refractivity contribution in [2.24, 2.45) is 16.7 Å². The third-order valence-corrected chi connectivity index (χ3v) is 4.63. The van der Waals surface area contributed by atoms with Gasteiger partial charge >= 0.3 is 0 Å². The van der Waals surface area contributed by atoms with Crippen molar-refractivity contribution in [2.75, 3.05) is 13.2 Å². The van der Waals surface area contributed by atoms with Crippen LogP contribution in [0.4, 0.5) is 0 Å². The molecule has 1 saturated carbocycles. The highest BCUT2D eigenvalue weighted by atomic mass is 16.3. The number of allylic oxidation sites excluding steroid dienone is 2. The van der Waals surface area contributed by atoms with Gasteiger partial charge in [0.05, 0.1) is 13.2 Å². The first-order chi connectivity index (χ1) is 9.79. The fraction of sp³-hybridized carbons (Fsp3) is 0.722. The van der Waals surface area contributed by atoms with Crippen LogP contribution in [0.3, 0.4) is 0 Å². The number of aliphatic hydroxyl groups excluding tert-OH is 2. The average molecular weight is 296 g/mol. The van der Waals surface area contributed by atoms with Crippen LogP contribution in [-0.2, 0) is 4.79 Å². The van der Waals surface area contributed by atoms with Crippen LogP contribution in [0.1, 0.15) is 54.4 Å². The molecule has 1 fully saturated rings. The quantitative estimate of drug-likeness (QED) is 0.781. The Morgan fingerprint density at radius 2 is 1.90 bits per heavy atom. The maximum Gasteiger partial charge on any atom is 0.133 e. The number of hydrogen-bond donors (Lipinski definition) is 2. The zero-order chi connectivity index (χ0) is 16.7. The second-order valence-corrected chi connectivity index (χ2v) is 6.37. The molecule has 3 heteroatoms. The van der Waals surface area contributed by atoms with Crippen LogP contribution in [0.25, 0.3) is 0 Å². The molecule has 0 aromatic rings. The highest BCUT2D eigenvalue weighted by Crippen LogP contribution is 2.53. The maximum absolute atomic E-state index is 11.8. The van der Waals surface area contributed by atoms with Gasteiger partial charge in [0, 0.05) is 18.3 Å². The van der Waals surface area contributed by atoms with Gasteiger partial charge in [0.1, 0.15) is 5.78 Å². The van der Waals surface area contributed by atoms with Crippen molar-refractivity contribution in [3.8, 4) is 0 Å². The van der Waals surface area contributed by atoms with Crippen molar-refractivity contribution in [1.82, 2.24) is 0 Å². The molecule has 2 unspecified atom stereocenters. The van der Waals surface area contributed by atoms with Gasteiger partial charge < -0.3 is 10.2 Å². The summed E-state index contributed by atoms with van der Waals surface area (Å²) in [6.45, 7) is 12.1. The lowest BCUT2D eigenvalue weighted by Crippen LogP contribution is -2.50. The summed E-state index contributed by atoms with van der Waals surface area (Å²) in [5.74, 6) is 0.393. The minimum atomic E-state index is -0.383. The number of hydrogen-bond acceptors (Lipinski definition) is 3. The van der Waals surface area contributed by atoms with E-state index in [2.05, 4.69) is 0 Å². The summed E-state index contributed by atoms with van der Waals surface area (Å²) >= 11 is 0. The van der Waals surface area contributed by atoms with E-state index in [0.29, 0.717) is 12.8 Å². The Kier molecular flexibility index (Phi) is 8.12. The lowest BCUT2D eigenvalue weighted by Gasteiger charge is -2.51. The van der Waals surface area contributed by atoms with Gasteiger partial charge in [0.2, 0.25) is 0 Å². The molecule has 21 heavy (non-hydrogen) atoms. The van der Waals surface area contributed by atoms with E-state index in [1.54, 1.807) is 6.08 Å². The lowest BCUT2D eigenvalue weighted by molar-refractivity contribution is -0.133. The number of carbonyl (C=O) groups excluding carboxylic acids is 1. The average Bonchev–Trinajstić information content (AvgIpc) is 2.40. The van der Waals surface area contributed by atoms with E-state index in [1.807, 2.05) is 53.7 Å². The molecule has 0 heterocycles. The van der Waals surface area contributed by atoms with Crippen LogP contribution in [-0.4, -0.2) is 29.2 Å². The van der Waals surface area contributed by atoms with Crippen LogP contribution in [0, 0.1) is 16.7 Å². The largest absolute Gasteiger partial charge is 0.395 e. The second-order valence-electron chi connectivity index (χ2n) is 6.37. The summed E-state index contributed by atoms with van der Waals surface area (Å²) in [4.78, 5) is 11.8. The zero-order valence-corrected chi connectivity index (χ0v) is 14.4. The van der Waals surface area contributed by atoms with Gasteiger partial charge in [-0.3, -0.25) is 4.79 Å². The molecule has 0 radical (unpaired) electrons. The summed E-state index contributed by atoms with van der Waals surface area (Å²) in [5.41, 5.74) is 0.327. The number of Topliss-reactive ketones (excluding diaryl/α,β-unsaturated/α-hetero) is 1. The monoisotopic (exact) mass is 296 g/mol. The molecular weight excluding hydrogens is 264 g/mol. The molecule has 0 aromatic heterocycles. The molecule has 1 aliphatic rings. The highest BCUT2D eigenvalue weighted by Gasteiger charge is 2.51. The summed E-state index contributed by atoms with van der Waals surface area (Å²) in [6.07, 6.45) is 6.74. The van der Waals surface area contributed by atoms with Crippen molar-refractivity contribution in [1.29, 1.82) is 0 Å². The summed E-state index contributed by atoms with van der Waals surface area (Å²) in [5, 5.41) is 18.8. The van der Waals surface area contributed by atoms with Crippen molar-refractivity contribution in [3.63, 3.8) is 0 Å². The molecule has 3 nitrogen and oxygen atoms in total. The third kappa shape index (κ3) is 4.52. The first-order valence-corrected chi connectivity index (χ1v) is 7.88. The van der Waals surface area contributed by atoms with Crippen LogP contribution in [0.2, 0.25) is 0 Å². The Morgan fingerprint density at radius 1 is 1.33 bits per heavy atom. The molecule has 0 spiro atoms. The van der Waals surface area contributed by atoms with Gasteiger partial charge in [0.15, 0.2) is 0 Å². The standard InChI is InChI=1S/C16H26O3.C2H6/c1-12(6-8-17)5-7-16(11-18)13(2)9-14(19)10-15(16,3)4;1-2/h5-7,13,17-18H,8-11H2,1-4H3;1-2H3/b7-5+,12-6-;. The van der Waals surface area contributed by atoms with E-state index in [0.717, 1.165) is 5.57 Å². The molecular formula is C18H32O3. The normalized spacial score (nSPS) is 29.2. The van der Waals surface area contributed by atoms with Gasteiger partial charge in [-0.2, -0.15) is 0 Å². The van der Waals surface area contributed by atoms with Gasteiger partial charge in [-0.25, -0.2) is 0 Å². The van der Waals surface area contributed by atoms with Crippen molar-refractivity contribution in [3.05, 3.63) is 23.8 Å². The van der Waals surface area contributed by atoms with E-state index >= 15 is 0 Å². The Bertz CT molecular complexity index is 393. The summed E-state index contributed by atoms with van der Waals surface area (Å²) in [6, 6.07) is 0. The van der Waals surface area contributed by atoms with E-state index < -0.39 is 0 Å². The molecule has 0 saturated heterocycles. The van der Waals surface area contributed by atoms with Crippen LogP contribution in [0.15, 0.2) is 23.8 Å². The molecule has 0 bridgehead atoms. The molecule has 0 amide bonds. The molecule has 1 aliphatic carbocycles. The first kappa shape index (κ1) is 20.1. The second kappa shape index (κ2) is 8.50. The number of ketones is 1. The number of carbonyl (C=O) groups is 1. The Balaban J connectivity index is 0.00000191. The highest BCUT2D eigenvalue weighted by molar-refractivity contribution is 5.80. The predicted octanol–water partition coefficient (Wildman–Crippen LogP) is 3.51. The van der Waals surface area contributed by atoms with Crippen LogP contribution in [0.5, 0.6) is 0 Å². The molecule has 2 N–H and O–H groups in total. The SMILES string of the molecule is CC.CC(=C/CO)/C=C/C1(CO)C(C)CC(=O)CC1(C)C. The summed E-state index contributed by atoms with van der Waals surface area (Å²) in [7, 11) is 0. The van der Waals surface area contributed by atoms with Crippen LogP contribution < -0.4 is 0 Å². The van der Waals surface area contributed by atoms with Gasteiger partial charge in [0.25, 0.3) is 0 Å². The van der Waals surface area contributed by atoms with Crippen LogP contribution >= 0.6 is 0 Å². The smallest absolute Gasteiger partial charge is 0.133 e. The zero-order valence-electron chi connectivity index (χ0n) is 14.4. The minimum absolute atomic E-state index is 0.0136. The minimum Gasteiger partial charge on any atom is -0.395 e. The molecule has 0 aromatic carbocycles. The van der Waals surface area contributed by atoms with E-state index in [9.17, 15) is 9.90 Å². The van der Waals surface area contributed by atoms with Gasteiger partial charge in [-0.15, -0.1) is 0 Å². The number of rotatable bonds is 4. The van der Waals surface area contributed by atoms with E-state index in [1.165, 1.54) is 0 Å². The number of aliphatic hydroxyl groups is 2. The molecule has 122 valence electrons. The Morgan fingerprint density at radius 3 is 2.33 bits per heavy atom. The summed E-state index contributed by atoms with van der Waals surface area (Å²) < 4.78 is 0. The topological polar surface area (TPSA) is 57.5 Å². The van der Waals surface area contributed by atoms with E-state index in [-0.39, 0.29) is 35.7 Å². The maximum atomic E-state index is 11.8. The molecule has 0 aliphatic heterocycles. The predicted molar refractivity (Wildman–Crippen MR) is 88.0 cm³/mol. The van der Waals surface area contributed by atoms with E-state index in [4.69, 9.17) is 5.11 Å².